The molecule has 0 amide bonds. The van der Waals surface area contributed by atoms with Crippen molar-refractivity contribution in [3.63, 3.8) is 0 Å². The van der Waals surface area contributed by atoms with E-state index in [1.807, 2.05) is 21.3 Å². The van der Waals surface area contributed by atoms with Gasteiger partial charge in [0.2, 0.25) is 0 Å². The minimum atomic E-state index is -0.154. The molecule has 1 heterocycles. The molecular weight excluding hydrogens is 305 g/mol. The van der Waals surface area contributed by atoms with Crippen molar-refractivity contribution in [1.82, 2.24) is 0 Å². The number of nitrogens with zero attached hydrogens (tertiary/aromatic N) is 1. The van der Waals surface area contributed by atoms with Crippen molar-refractivity contribution < 1.29 is 9.53 Å². The number of anilines is 1. The highest BCUT2D eigenvalue weighted by molar-refractivity contribution is 14.1. The first-order valence-corrected chi connectivity index (χ1v) is 5.81. The van der Waals surface area contributed by atoms with Gasteiger partial charge in [0, 0.05) is 5.69 Å². The smallest absolute Gasteiger partial charge is 0.329 e. The van der Waals surface area contributed by atoms with E-state index in [1.165, 1.54) is 12.7 Å². The highest BCUT2D eigenvalue weighted by Crippen LogP contribution is 2.33. The number of halogens is 1. The molecule has 0 aliphatic carbocycles. The van der Waals surface area contributed by atoms with Crippen LogP contribution in [0.3, 0.4) is 0 Å². The summed E-state index contributed by atoms with van der Waals surface area (Å²) >= 11 is 2.18. The number of methoxy groups -OCH3 is 1. The quantitative estimate of drug-likeness (QED) is 0.452. The van der Waals surface area contributed by atoms with Crippen molar-refractivity contribution in [2.75, 3.05) is 10.2 Å². The lowest BCUT2D eigenvalue weighted by atomic mass is 9.98. The van der Waals surface area contributed by atoms with E-state index >= 15 is 0 Å². The molecule has 1 aliphatic rings. The van der Waals surface area contributed by atoms with Crippen LogP contribution < -0.4 is 3.11 Å². The van der Waals surface area contributed by atoms with Gasteiger partial charge in [-0.3, -0.25) is 0 Å². The number of benzene rings is 1. The molecule has 1 unspecified atom stereocenters. The summed E-state index contributed by atoms with van der Waals surface area (Å²) in [4.78, 5) is 11.5. The largest absolute Gasteiger partial charge is 0.467 e. The lowest BCUT2D eigenvalue weighted by molar-refractivity contribution is -0.142. The molecule has 1 aromatic carbocycles. The standard InChI is InChI=1S/C11H12INO2/c1-15-11(14)10-7-6-8-4-2-3-5-9(8)13(10)12/h2-5,10H,6-7H2,1H3. The Bertz CT molecular complexity index is 381. The lowest BCUT2D eigenvalue weighted by Gasteiger charge is -2.31. The molecule has 15 heavy (non-hydrogen) atoms. The van der Waals surface area contributed by atoms with E-state index in [4.69, 9.17) is 4.74 Å². The molecular formula is C11H12INO2. The molecule has 2 rings (SSSR count). The van der Waals surface area contributed by atoms with Crippen molar-refractivity contribution >= 4 is 34.5 Å². The SMILES string of the molecule is COC(=O)C1CCc2ccccc2N1I. The van der Waals surface area contributed by atoms with Crippen LogP contribution in [0, 0.1) is 0 Å². The highest BCUT2D eigenvalue weighted by Gasteiger charge is 2.30. The monoisotopic (exact) mass is 317 g/mol. The zero-order valence-electron chi connectivity index (χ0n) is 8.44. The summed E-state index contributed by atoms with van der Waals surface area (Å²) in [5, 5.41) is 0. The number of esters is 1. The Morgan fingerprint density at radius 3 is 3.00 bits per heavy atom. The Morgan fingerprint density at radius 1 is 1.53 bits per heavy atom. The second-order valence-corrected chi connectivity index (χ2v) is 4.56. The third kappa shape index (κ3) is 1.95. The summed E-state index contributed by atoms with van der Waals surface area (Å²) in [7, 11) is 1.44. The summed E-state index contributed by atoms with van der Waals surface area (Å²) in [6.07, 6.45) is 1.77. The number of carbonyl (C=O) groups excluding carboxylic acids is 1. The summed E-state index contributed by atoms with van der Waals surface area (Å²) in [5.74, 6) is -0.154. The number of hydrogen-bond acceptors (Lipinski definition) is 3. The van der Waals surface area contributed by atoms with Crippen molar-refractivity contribution in [3.05, 3.63) is 29.8 Å². The Hall–Kier alpha value is -0.780. The molecule has 0 saturated heterocycles. The number of fused-ring (bicyclic) bond motifs is 1. The topological polar surface area (TPSA) is 29.5 Å². The first-order chi connectivity index (χ1) is 7.24. The second kappa shape index (κ2) is 4.38. The molecule has 0 bridgehead atoms. The van der Waals surface area contributed by atoms with E-state index in [9.17, 15) is 4.79 Å². The number of ether oxygens (including phenoxy) is 1. The van der Waals surface area contributed by atoms with E-state index in [-0.39, 0.29) is 12.0 Å². The minimum Gasteiger partial charge on any atom is -0.467 e. The van der Waals surface area contributed by atoms with E-state index in [1.54, 1.807) is 0 Å². The van der Waals surface area contributed by atoms with Crippen LogP contribution in [0.1, 0.15) is 12.0 Å². The maximum absolute atomic E-state index is 11.5. The van der Waals surface area contributed by atoms with Gasteiger partial charge in [0.25, 0.3) is 0 Å². The van der Waals surface area contributed by atoms with Crippen LogP contribution in [-0.4, -0.2) is 19.1 Å². The Labute approximate surface area is 103 Å². The third-order valence-corrected chi connectivity index (χ3v) is 3.85. The molecule has 1 aliphatic heterocycles. The maximum Gasteiger partial charge on any atom is 0.329 e. The minimum absolute atomic E-state index is 0.148. The number of para-hydroxylation sites is 1. The highest BCUT2D eigenvalue weighted by atomic mass is 127. The van der Waals surface area contributed by atoms with Gasteiger partial charge >= 0.3 is 5.97 Å². The van der Waals surface area contributed by atoms with Crippen molar-refractivity contribution in [2.24, 2.45) is 0 Å². The molecule has 4 heteroatoms. The van der Waals surface area contributed by atoms with Gasteiger partial charge in [-0.1, -0.05) is 18.2 Å². The molecule has 0 saturated carbocycles. The molecule has 80 valence electrons. The van der Waals surface area contributed by atoms with Crippen LogP contribution in [0.2, 0.25) is 0 Å². The van der Waals surface area contributed by atoms with Gasteiger partial charge in [0.1, 0.15) is 6.04 Å². The van der Waals surface area contributed by atoms with E-state index in [0.717, 1.165) is 18.5 Å². The number of aryl methyl sites for hydroxylation is 1. The normalized spacial score (nSPS) is 19.6. The average molecular weight is 317 g/mol. The fourth-order valence-corrected chi connectivity index (χ4v) is 2.83. The van der Waals surface area contributed by atoms with Gasteiger partial charge in [-0.2, -0.15) is 0 Å². The molecule has 0 fully saturated rings. The van der Waals surface area contributed by atoms with E-state index < -0.39 is 0 Å². The van der Waals surface area contributed by atoms with Crippen molar-refractivity contribution in [3.8, 4) is 0 Å². The first kappa shape index (κ1) is 10.7. The van der Waals surface area contributed by atoms with Gasteiger partial charge in [0.15, 0.2) is 0 Å². The van der Waals surface area contributed by atoms with E-state index in [2.05, 4.69) is 28.9 Å². The van der Waals surface area contributed by atoms with Gasteiger partial charge in [-0.15, -0.1) is 0 Å². The molecule has 0 N–H and O–H groups in total. The van der Waals surface area contributed by atoms with Crippen LogP contribution in [0.15, 0.2) is 24.3 Å². The van der Waals surface area contributed by atoms with Gasteiger partial charge in [-0.25, -0.2) is 4.79 Å². The zero-order chi connectivity index (χ0) is 10.8. The van der Waals surface area contributed by atoms with Crippen LogP contribution >= 0.6 is 22.9 Å². The molecule has 0 aromatic heterocycles. The molecule has 1 atom stereocenters. The van der Waals surface area contributed by atoms with Gasteiger partial charge in [-0.05, 0) is 24.5 Å². The second-order valence-electron chi connectivity index (χ2n) is 3.52. The van der Waals surface area contributed by atoms with Crippen LogP contribution in [-0.2, 0) is 16.0 Å². The maximum atomic E-state index is 11.5. The fourth-order valence-electron chi connectivity index (χ4n) is 1.85. The fraction of sp³-hybridized carbons (Fsp3) is 0.364. The predicted octanol–water partition coefficient (Wildman–Crippen LogP) is 2.33. The summed E-state index contributed by atoms with van der Waals surface area (Å²) in [6, 6.07) is 8.02. The summed E-state index contributed by atoms with van der Waals surface area (Å²) in [6.45, 7) is 0. The molecule has 3 nitrogen and oxygen atoms in total. The molecule has 1 aromatic rings. The summed E-state index contributed by atoms with van der Waals surface area (Å²) in [5.41, 5.74) is 2.42. The zero-order valence-corrected chi connectivity index (χ0v) is 10.6. The van der Waals surface area contributed by atoms with Crippen molar-refractivity contribution in [2.45, 2.75) is 18.9 Å². The lowest BCUT2D eigenvalue weighted by Crippen LogP contribution is -2.39. The molecule has 0 radical (unpaired) electrons. The summed E-state index contributed by atoms with van der Waals surface area (Å²) < 4.78 is 6.76. The Balaban J connectivity index is 2.29. The third-order valence-electron chi connectivity index (χ3n) is 2.66. The average Bonchev–Trinajstić information content (AvgIpc) is 2.29. The number of carbonyl (C=O) groups is 1. The van der Waals surface area contributed by atoms with Gasteiger partial charge in [0.05, 0.1) is 30.0 Å². The van der Waals surface area contributed by atoms with Crippen molar-refractivity contribution in [1.29, 1.82) is 0 Å². The predicted molar refractivity (Wildman–Crippen MR) is 67.1 cm³/mol. The number of rotatable bonds is 1. The Kier molecular flexibility index (Phi) is 3.14. The van der Waals surface area contributed by atoms with Crippen LogP contribution in [0.25, 0.3) is 0 Å². The van der Waals surface area contributed by atoms with Gasteiger partial charge < -0.3 is 7.85 Å². The molecule has 0 spiro atoms. The van der Waals surface area contributed by atoms with E-state index in [0.29, 0.717) is 0 Å². The first-order valence-electron chi connectivity index (χ1n) is 4.85. The van der Waals surface area contributed by atoms with Crippen LogP contribution in [0.5, 0.6) is 0 Å². The Morgan fingerprint density at radius 2 is 2.27 bits per heavy atom. The number of hydrogen-bond donors (Lipinski definition) is 0. The van der Waals surface area contributed by atoms with Crippen LogP contribution in [0.4, 0.5) is 5.69 Å².